The summed E-state index contributed by atoms with van der Waals surface area (Å²) < 4.78 is 17.2. The van der Waals surface area contributed by atoms with E-state index in [1.54, 1.807) is 37.4 Å². The molecular formula is C42H39N3O8. The van der Waals surface area contributed by atoms with E-state index in [1.165, 1.54) is 12.1 Å². The van der Waals surface area contributed by atoms with Gasteiger partial charge in [0.2, 0.25) is 12.0 Å². The van der Waals surface area contributed by atoms with E-state index in [4.69, 9.17) is 14.2 Å². The number of aliphatic hydroxyl groups excluding tert-OH is 1. The fraction of sp³-hybridized carbons (Fsp3) is 0.167. The lowest BCUT2D eigenvalue weighted by molar-refractivity contribution is -0.110. The Kier molecular flexibility index (Phi) is 11.8. The molecule has 0 saturated carbocycles. The van der Waals surface area contributed by atoms with Crippen LogP contribution in [0.5, 0.6) is 17.2 Å². The first-order valence-corrected chi connectivity index (χ1v) is 17.0. The number of carbonyl (C=O) groups is 2. The van der Waals surface area contributed by atoms with Gasteiger partial charge in [0.1, 0.15) is 30.5 Å². The number of aromatic amines is 1. The molecule has 0 aliphatic rings. The number of amides is 1. The lowest BCUT2D eigenvalue weighted by Gasteiger charge is -2.18. The van der Waals surface area contributed by atoms with E-state index in [1.807, 2.05) is 78.9 Å². The molecule has 6 aromatic rings. The smallest absolute Gasteiger partial charge is 0.338 e. The second-order valence-electron chi connectivity index (χ2n) is 12.3. The van der Waals surface area contributed by atoms with Crippen LogP contribution >= 0.6 is 0 Å². The summed E-state index contributed by atoms with van der Waals surface area (Å²) >= 11 is 0. The first kappa shape index (κ1) is 36.4. The minimum atomic E-state index is -0.904. The number of carbonyl (C=O) groups excluding carboxylic acids is 2. The third kappa shape index (κ3) is 9.09. The van der Waals surface area contributed by atoms with Crippen molar-refractivity contribution in [3.05, 3.63) is 171 Å². The SMILES string of the molecule is COc1cc(COC(=O)c2ccc(COc3cccc(C(NC=O)c4ccccc4)c3)cc2)ccc1CNCC(O)c1ccc(O)c2[nH]c(=O)ccc12. The molecule has 0 saturated heterocycles. The molecule has 1 aromatic heterocycles. The zero-order chi connectivity index (χ0) is 37.2. The second-order valence-corrected chi connectivity index (χ2v) is 12.3. The fourth-order valence-electron chi connectivity index (χ4n) is 6.05. The number of phenolic OH excluding ortho intramolecular Hbond substituents is 1. The van der Waals surface area contributed by atoms with Crippen molar-refractivity contribution >= 4 is 23.3 Å². The van der Waals surface area contributed by atoms with Gasteiger partial charge in [-0.1, -0.05) is 72.8 Å². The monoisotopic (exact) mass is 713 g/mol. The van der Waals surface area contributed by atoms with Crippen molar-refractivity contribution in [2.75, 3.05) is 13.7 Å². The normalized spacial score (nSPS) is 12.1. The number of H-pyrrole nitrogens is 1. The molecule has 11 heteroatoms. The van der Waals surface area contributed by atoms with Gasteiger partial charge in [-0.05, 0) is 70.3 Å². The molecule has 5 N–H and O–H groups in total. The van der Waals surface area contributed by atoms with E-state index in [9.17, 15) is 24.6 Å². The van der Waals surface area contributed by atoms with Gasteiger partial charge in [-0.3, -0.25) is 9.59 Å². The number of benzene rings is 5. The number of esters is 1. The largest absolute Gasteiger partial charge is 0.506 e. The number of aromatic hydroxyl groups is 1. The minimum Gasteiger partial charge on any atom is -0.506 e. The van der Waals surface area contributed by atoms with Crippen LogP contribution in [0.15, 0.2) is 126 Å². The van der Waals surface area contributed by atoms with E-state index in [0.29, 0.717) is 41.0 Å². The molecule has 0 spiro atoms. The highest BCUT2D eigenvalue weighted by Gasteiger charge is 2.16. The van der Waals surface area contributed by atoms with E-state index in [0.717, 1.165) is 27.8 Å². The summed E-state index contributed by atoms with van der Waals surface area (Å²) in [6.45, 7) is 0.919. The summed E-state index contributed by atoms with van der Waals surface area (Å²) in [5.41, 5.74) is 5.20. The van der Waals surface area contributed by atoms with E-state index < -0.39 is 12.1 Å². The molecule has 6 rings (SSSR count). The van der Waals surface area contributed by atoms with Gasteiger partial charge in [0, 0.05) is 30.1 Å². The van der Waals surface area contributed by atoms with Crippen molar-refractivity contribution < 1.29 is 34.0 Å². The molecule has 2 atom stereocenters. The first-order chi connectivity index (χ1) is 25.8. The second kappa shape index (κ2) is 17.2. The number of aliphatic hydroxyl groups is 1. The number of aromatic nitrogens is 1. The molecule has 2 unspecified atom stereocenters. The van der Waals surface area contributed by atoms with Crippen LogP contribution in [0.2, 0.25) is 0 Å². The number of rotatable bonds is 16. The maximum atomic E-state index is 12.9. The van der Waals surface area contributed by atoms with Gasteiger partial charge in [0.25, 0.3) is 0 Å². The Balaban J connectivity index is 0.993. The van der Waals surface area contributed by atoms with Crippen molar-refractivity contribution in [3.63, 3.8) is 0 Å². The predicted molar refractivity (Wildman–Crippen MR) is 200 cm³/mol. The lowest BCUT2D eigenvalue weighted by atomic mass is 9.99. The molecule has 0 aliphatic heterocycles. The fourth-order valence-corrected chi connectivity index (χ4v) is 6.05. The topological polar surface area (TPSA) is 159 Å². The molecule has 0 radical (unpaired) electrons. The van der Waals surface area contributed by atoms with Gasteiger partial charge in [-0.15, -0.1) is 0 Å². The quantitative estimate of drug-likeness (QED) is 0.0614. The third-order valence-corrected chi connectivity index (χ3v) is 8.79. The highest BCUT2D eigenvalue weighted by Crippen LogP contribution is 2.29. The molecule has 53 heavy (non-hydrogen) atoms. The maximum absolute atomic E-state index is 12.9. The molecule has 270 valence electrons. The number of methoxy groups -OCH3 is 1. The number of pyridine rings is 1. The maximum Gasteiger partial charge on any atom is 0.338 e. The number of ether oxygens (including phenoxy) is 3. The number of nitrogens with one attached hydrogen (secondary N) is 3. The van der Waals surface area contributed by atoms with Crippen molar-refractivity contribution in [1.82, 2.24) is 15.6 Å². The standard InChI is InChI=1S/C42H39N3O8/c1-51-38-20-28(12-15-32(38)22-43-23-37(48)34-16-18-36(47)41-35(34)17-19-39(49)45-41)25-53-42(50)30-13-10-27(11-14-30)24-52-33-9-5-8-31(21-33)40(44-26-46)29-6-3-2-4-7-29/h2-21,26,37,40,43,47-48H,22-25H2,1H3,(H,44,46)(H,45,49). The molecule has 0 aliphatic carbocycles. The summed E-state index contributed by atoms with van der Waals surface area (Å²) in [6.07, 6.45) is -0.214. The van der Waals surface area contributed by atoms with E-state index in [2.05, 4.69) is 15.6 Å². The predicted octanol–water partition coefficient (Wildman–Crippen LogP) is 5.84. The van der Waals surface area contributed by atoms with Gasteiger partial charge in [0.15, 0.2) is 0 Å². The first-order valence-electron chi connectivity index (χ1n) is 17.0. The summed E-state index contributed by atoms with van der Waals surface area (Å²) in [5, 5.41) is 27.7. The Morgan fingerprint density at radius 1 is 0.849 bits per heavy atom. The lowest BCUT2D eigenvalue weighted by Crippen LogP contribution is -2.21. The Labute approximate surface area is 305 Å². The summed E-state index contributed by atoms with van der Waals surface area (Å²) in [5.74, 6) is 0.708. The average molecular weight is 714 g/mol. The van der Waals surface area contributed by atoms with Crippen LogP contribution < -0.4 is 25.7 Å². The Morgan fingerprint density at radius 2 is 1.62 bits per heavy atom. The van der Waals surface area contributed by atoms with Crippen molar-refractivity contribution in [1.29, 1.82) is 0 Å². The number of hydrogen-bond acceptors (Lipinski definition) is 9. The summed E-state index contributed by atoms with van der Waals surface area (Å²) in [6, 6.07) is 35.5. The number of phenols is 1. The van der Waals surface area contributed by atoms with Crippen LogP contribution in [0.4, 0.5) is 0 Å². The molecule has 5 aromatic carbocycles. The van der Waals surface area contributed by atoms with Gasteiger partial charge in [-0.25, -0.2) is 4.79 Å². The highest BCUT2D eigenvalue weighted by atomic mass is 16.5. The summed E-state index contributed by atoms with van der Waals surface area (Å²) in [4.78, 5) is 38.5. The zero-order valence-electron chi connectivity index (χ0n) is 29.0. The van der Waals surface area contributed by atoms with Crippen molar-refractivity contribution in [2.24, 2.45) is 0 Å². The van der Waals surface area contributed by atoms with Crippen LogP contribution in [0.3, 0.4) is 0 Å². The van der Waals surface area contributed by atoms with E-state index >= 15 is 0 Å². The van der Waals surface area contributed by atoms with Gasteiger partial charge in [0.05, 0.1) is 30.3 Å². The molecule has 1 heterocycles. The third-order valence-electron chi connectivity index (χ3n) is 8.79. The number of hydrogen-bond donors (Lipinski definition) is 5. The molecule has 11 nitrogen and oxygen atoms in total. The van der Waals surface area contributed by atoms with Gasteiger partial charge >= 0.3 is 5.97 Å². The Morgan fingerprint density at radius 3 is 2.40 bits per heavy atom. The van der Waals surface area contributed by atoms with Crippen LogP contribution in [-0.4, -0.2) is 41.2 Å². The Hall–Kier alpha value is -6.43. The van der Waals surface area contributed by atoms with Gasteiger partial charge in [-0.2, -0.15) is 0 Å². The van der Waals surface area contributed by atoms with Gasteiger partial charge < -0.3 is 40.0 Å². The Bertz CT molecular complexity index is 2240. The minimum absolute atomic E-state index is 0.0434. The molecule has 1 amide bonds. The molecular weight excluding hydrogens is 674 g/mol. The van der Waals surface area contributed by atoms with Crippen LogP contribution in [0, 0.1) is 0 Å². The highest BCUT2D eigenvalue weighted by molar-refractivity contribution is 5.89. The van der Waals surface area contributed by atoms with Crippen LogP contribution in [0.1, 0.15) is 55.9 Å². The van der Waals surface area contributed by atoms with E-state index in [-0.39, 0.29) is 42.6 Å². The summed E-state index contributed by atoms with van der Waals surface area (Å²) in [7, 11) is 1.56. The zero-order valence-corrected chi connectivity index (χ0v) is 29.0. The van der Waals surface area contributed by atoms with Crippen LogP contribution in [0.25, 0.3) is 10.9 Å². The molecule has 0 bridgehead atoms. The van der Waals surface area contributed by atoms with Crippen LogP contribution in [-0.2, 0) is 29.3 Å². The molecule has 0 fully saturated rings. The van der Waals surface area contributed by atoms with Crippen molar-refractivity contribution in [3.8, 4) is 17.2 Å². The van der Waals surface area contributed by atoms with Crippen molar-refractivity contribution in [2.45, 2.75) is 31.9 Å². The number of fused-ring (bicyclic) bond motifs is 1. The average Bonchev–Trinajstić information content (AvgIpc) is 3.19.